The molecule has 120 valence electrons. The minimum Gasteiger partial charge on any atom is -0.313 e. The number of nitrogens with one attached hydrogen (secondary N) is 2. The quantitative estimate of drug-likeness (QED) is 0.655. The summed E-state index contributed by atoms with van der Waals surface area (Å²) < 4.78 is 27.1. The molecule has 0 aromatic heterocycles. The molecule has 8 heteroatoms. The maximum absolute atomic E-state index is 12.3. The molecule has 1 rings (SSSR count). The summed E-state index contributed by atoms with van der Waals surface area (Å²) in [5.74, 6) is 0.905. The molecule has 0 fully saturated rings. The predicted molar refractivity (Wildman–Crippen MR) is 92.0 cm³/mol. The van der Waals surface area contributed by atoms with Crippen LogP contribution in [0.15, 0.2) is 17.0 Å². The molecule has 0 heterocycles. The summed E-state index contributed by atoms with van der Waals surface area (Å²) in [5, 5.41) is 3.74. The van der Waals surface area contributed by atoms with Gasteiger partial charge in [0.2, 0.25) is 10.0 Å². The van der Waals surface area contributed by atoms with Gasteiger partial charge in [0, 0.05) is 23.7 Å². The van der Waals surface area contributed by atoms with Crippen molar-refractivity contribution in [2.45, 2.75) is 24.8 Å². The molecule has 0 spiro atoms. The van der Waals surface area contributed by atoms with Gasteiger partial charge in [0.1, 0.15) is 4.90 Å². The Morgan fingerprint density at radius 3 is 2.62 bits per heavy atom. The van der Waals surface area contributed by atoms with Crippen molar-refractivity contribution in [3.05, 3.63) is 27.7 Å². The summed E-state index contributed by atoms with van der Waals surface area (Å²) in [6.07, 6.45) is 2.76. The van der Waals surface area contributed by atoms with E-state index in [-0.39, 0.29) is 9.92 Å². The van der Waals surface area contributed by atoms with E-state index in [2.05, 4.69) is 10.0 Å². The molecule has 0 aliphatic rings. The van der Waals surface area contributed by atoms with Crippen LogP contribution in [0.3, 0.4) is 0 Å². The van der Waals surface area contributed by atoms with Gasteiger partial charge in [-0.1, -0.05) is 30.1 Å². The summed E-state index contributed by atoms with van der Waals surface area (Å²) in [6.45, 7) is 3.53. The lowest BCUT2D eigenvalue weighted by Crippen LogP contribution is -2.26. The number of benzene rings is 1. The Morgan fingerprint density at radius 2 is 2.00 bits per heavy atom. The molecule has 1 aromatic rings. The molecule has 1 aromatic carbocycles. The van der Waals surface area contributed by atoms with Gasteiger partial charge in [0.25, 0.3) is 0 Å². The monoisotopic (exact) mass is 370 g/mol. The molecule has 0 amide bonds. The SMILES string of the molecule is CCNCc1c(Cl)ccc(S(=O)(=O)NCCCSC)c1Cl. The summed E-state index contributed by atoms with van der Waals surface area (Å²) in [7, 11) is -3.61. The topological polar surface area (TPSA) is 58.2 Å². The first-order chi connectivity index (χ1) is 9.94. The van der Waals surface area contributed by atoms with E-state index in [9.17, 15) is 8.42 Å². The average Bonchev–Trinajstić information content (AvgIpc) is 2.43. The first-order valence-electron chi connectivity index (χ1n) is 6.60. The smallest absolute Gasteiger partial charge is 0.242 e. The van der Waals surface area contributed by atoms with Gasteiger partial charge >= 0.3 is 0 Å². The van der Waals surface area contributed by atoms with Crippen molar-refractivity contribution in [3.8, 4) is 0 Å². The zero-order valence-electron chi connectivity index (χ0n) is 12.1. The van der Waals surface area contributed by atoms with Gasteiger partial charge in [-0.05, 0) is 37.1 Å². The van der Waals surface area contributed by atoms with Crippen molar-refractivity contribution in [1.82, 2.24) is 10.0 Å². The van der Waals surface area contributed by atoms with Crippen LogP contribution in [0.4, 0.5) is 0 Å². The zero-order valence-corrected chi connectivity index (χ0v) is 15.2. The fourth-order valence-corrected chi connectivity index (χ4v) is 4.11. The van der Waals surface area contributed by atoms with Crippen molar-refractivity contribution in [2.75, 3.05) is 25.1 Å². The lowest BCUT2D eigenvalue weighted by molar-refractivity contribution is 0.581. The largest absolute Gasteiger partial charge is 0.313 e. The maximum atomic E-state index is 12.3. The van der Waals surface area contributed by atoms with Crippen molar-refractivity contribution in [2.24, 2.45) is 0 Å². The zero-order chi connectivity index (χ0) is 15.9. The molecule has 0 saturated heterocycles. The number of rotatable bonds is 9. The third-order valence-electron chi connectivity index (χ3n) is 2.81. The third kappa shape index (κ3) is 5.62. The second-order valence-corrected chi connectivity index (χ2v) is 7.87. The predicted octanol–water partition coefficient (Wildman–Crippen LogP) is 3.13. The highest BCUT2D eigenvalue weighted by Gasteiger charge is 2.21. The molecule has 4 nitrogen and oxygen atoms in total. The Morgan fingerprint density at radius 1 is 1.29 bits per heavy atom. The Bertz CT molecular complexity index is 566. The summed E-state index contributed by atoms with van der Waals surface area (Å²) in [5.41, 5.74) is 0.604. The fraction of sp³-hybridized carbons (Fsp3) is 0.538. The molecule has 21 heavy (non-hydrogen) atoms. The van der Waals surface area contributed by atoms with Crippen LogP contribution in [0.1, 0.15) is 18.9 Å². The number of thioether (sulfide) groups is 1. The molecule has 0 saturated carbocycles. The Balaban J connectivity index is 2.96. The molecule has 0 radical (unpaired) electrons. The van der Waals surface area contributed by atoms with E-state index in [0.29, 0.717) is 23.7 Å². The van der Waals surface area contributed by atoms with Crippen molar-refractivity contribution in [1.29, 1.82) is 0 Å². The molecular formula is C13H20Cl2N2O2S2. The fourth-order valence-electron chi connectivity index (χ4n) is 1.70. The average molecular weight is 371 g/mol. The minimum absolute atomic E-state index is 0.0746. The van der Waals surface area contributed by atoms with Gasteiger partial charge in [-0.25, -0.2) is 13.1 Å². The van der Waals surface area contributed by atoms with Crippen LogP contribution in [0.2, 0.25) is 10.0 Å². The van der Waals surface area contributed by atoms with E-state index in [1.165, 1.54) is 6.07 Å². The van der Waals surface area contributed by atoms with Crippen LogP contribution in [0.25, 0.3) is 0 Å². The van der Waals surface area contributed by atoms with Gasteiger partial charge in [0.05, 0.1) is 5.02 Å². The molecule has 0 atom stereocenters. The molecule has 0 unspecified atom stereocenters. The highest BCUT2D eigenvalue weighted by Crippen LogP contribution is 2.30. The lowest BCUT2D eigenvalue weighted by Gasteiger charge is -2.13. The molecule has 0 bridgehead atoms. The second kappa shape index (κ2) is 9.22. The van der Waals surface area contributed by atoms with Crippen LogP contribution in [0.5, 0.6) is 0 Å². The van der Waals surface area contributed by atoms with E-state index in [0.717, 1.165) is 18.7 Å². The van der Waals surface area contributed by atoms with Crippen molar-refractivity contribution in [3.63, 3.8) is 0 Å². The summed E-state index contributed by atoms with van der Waals surface area (Å²) in [6, 6.07) is 3.01. The second-order valence-electron chi connectivity index (χ2n) is 4.36. The van der Waals surface area contributed by atoms with Gasteiger partial charge in [-0.2, -0.15) is 11.8 Å². The molecular weight excluding hydrogens is 351 g/mol. The van der Waals surface area contributed by atoms with E-state index < -0.39 is 10.0 Å². The van der Waals surface area contributed by atoms with Crippen LogP contribution in [-0.4, -0.2) is 33.5 Å². The molecule has 0 aliphatic heterocycles. The van der Waals surface area contributed by atoms with Gasteiger partial charge in [-0.15, -0.1) is 0 Å². The highest BCUT2D eigenvalue weighted by molar-refractivity contribution is 7.98. The van der Waals surface area contributed by atoms with Crippen molar-refractivity contribution >= 4 is 45.0 Å². The number of sulfonamides is 1. The first kappa shape index (κ1) is 19.1. The Labute approximate surface area is 141 Å². The van der Waals surface area contributed by atoms with Gasteiger partial charge in [0.15, 0.2) is 0 Å². The van der Waals surface area contributed by atoms with Gasteiger partial charge < -0.3 is 5.32 Å². The first-order valence-corrected chi connectivity index (χ1v) is 10.2. The molecule has 2 N–H and O–H groups in total. The minimum atomic E-state index is -3.61. The standard InChI is InChI=1S/C13H20Cl2N2O2S2/c1-3-16-9-10-11(14)5-6-12(13(10)15)21(18,19)17-7-4-8-20-2/h5-6,16-17H,3-4,7-9H2,1-2H3. The number of hydrogen-bond donors (Lipinski definition) is 2. The van der Waals surface area contributed by atoms with Crippen LogP contribution >= 0.6 is 35.0 Å². The van der Waals surface area contributed by atoms with E-state index in [1.54, 1.807) is 17.8 Å². The van der Waals surface area contributed by atoms with Crippen LogP contribution in [-0.2, 0) is 16.6 Å². The summed E-state index contributed by atoms with van der Waals surface area (Å²) >= 11 is 14.0. The normalized spacial score (nSPS) is 11.8. The Kier molecular flexibility index (Phi) is 8.38. The number of halogens is 2. The van der Waals surface area contributed by atoms with Crippen molar-refractivity contribution < 1.29 is 8.42 Å². The number of hydrogen-bond acceptors (Lipinski definition) is 4. The van der Waals surface area contributed by atoms with Crippen LogP contribution in [0, 0.1) is 0 Å². The van der Waals surface area contributed by atoms with Gasteiger partial charge in [-0.3, -0.25) is 0 Å². The highest BCUT2D eigenvalue weighted by atomic mass is 35.5. The summed E-state index contributed by atoms with van der Waals surface area (Å²) in [4.78, 5) is 0.0746. The molecule has 0 aliphatic carbocycles. The third-order valence-corrected chi connectivity index (χ3v) is 5.91. The van der Waals surface area contributed by atoms with Crippen LogP contribution < -0.4 is 10.0 Å². The Hall–Kier alpha value is 0.0200. The van der Waals surface area contributed by atoms with E-state index in [4.69, 9.17) is 23.2 Å². The lowest BCUT2D eigenvalue weighted by atomic mass is 10.2. The maximum Gasteiger partial charge on any atom is 0.242 e. The van der Waals surface area contributed by atoms with E-state index >= 15 is 0 Å². The van der Waals surface area contributed by atoms with E-state index in [1.807, 2.05) is 13.2 Å².